The Balaban J connectivity index is 0.000000240. The molecule has 0 saturated carbocycles. The van der Waals surface area contributed by atoms with Crippen LogP contribution in [0.25, 0.3) is 0 Å². The number of carbonyl (C=O) groups excluding carboxylic acids is 1. The van der Waals surface area contributed by atoms with Gasteiger partial charge in [-0.05, 0) is 115 Å². The maximum absolute atomic E-state index is 13.6. The van der Waals surface area contributed by atoms with Gasteiger partial charge in [-0.2, -0.15) is 79.0 Å². The highest BCUT2D eigenvalue weighted by Gasteiger charge is 2.61. The second-order valence-corrected chi connectivity index (χ2v) is 22.5. The first kappa shape index (κ1) is 67.9. The molecule has 33 heteroatoms. The lowest BCUT2D eigenvalue weighted by atomic mass is 9.87. The van der Waals surface area contributed by atoms with E-state index in [9.17, 15) is 93.4 Å². The second-order valence-electron chi connectivity index (χ2n) is 22.5. The summed E-state index contributed by atoms with van der Waals surface area (Å²) in [7, 11) is 3.75. The van der Waals surface area contributed by atoms with Gasteiger partial charge in [0.25, 0.3) is 6.10 Å². The number of ether oxygens (including phenoxy) is 1. The molecule has 476 valence electrons. The molecule has 0 aliphatic carbocycles. The molecule has 6 saturated heterocycles. The minimum Gasteiger partial charge on any atom is -0.480 e. The third-order valence-corrected chi connectivity index (χ3v) is 16.7. The minimum atomic E-state index is -5.83. The lowest BCUT2D eigenvalue weighted by Gasteiger charge is -2.45. The summed E-state index contributed by atoms with van der Waals surface area (Å²) in [5.41, 5.74) is 0.294. The Morgan fingerprint density at radius 3 is 1.25 bits per heavy atom. The molecule has 84 heavy (non-hydrogen) atoms. The highest BCUT2D eigenvalue weighted by Crippen LogP contribution is 2.44. The Bertz CT molecular complexity index is 2580. The zero-order chi connectivity index (χ0) is 63.1. The number of nitrogens with one attached hydrogen (secondary N) is 1. The SMILES string of the molecule is CN(Cc1ccc(C(F)(F)F)cc1N1CC2CC1CN2CC(=O)O)C1(C)CCN(C(=O)OC(C(F)(F)F)C(F)(F)F)CC1.CN(Cc1ccc(C(F)(F)F)cc1N1CC2CC1CN2CC(=O)O)C1(C)CCNCC1.OC(C(F)(F)F)C(F)(F)F. The van der Waals surface area contributed by atoms with Crippen molar-refractivity contribution in [1.82, 2.24) is 29.8 Å². The summed E-state index contributed by atoms with van der Waals surface area (Å²) in [6.45, 7) is 7.93. The van der Waals surface area contributed by atoms with Crippen molar-refractivity contribution < 1.29 is 113 Å². The number of hydrogen-bond acceptors (Lipinski definition) is 12. The molecule has 8 rings (SSSR count). The van der Waals surface area contributed by atoms with E-state index in [1.54, 1.807) is 24.9 Å². The van der Waals surface area contributed by atoms with E-state index in [1.807, 2.05) is 14.7 Å². The zero-order valence-corrected chi connectivity index (χ0v) is 45.6. The number of carbonyl (C=O) groups is 3. The molecule has 6 heterocycles. The standard InChI is InChI=1S/C26H31F9N4O4.C22H31F3N4O2.C3H2F6O/c1-23(5-7-37(8-6-23)22(42)43-21(25(30,31)32)26(33,34)35)36(2)11-15-3-4-16(24(27,28)29)9-19(15)39-13-17-10-18(39)12-38(17)14-20(40)41;1-21(5-7-26-8-6-21)27(2)11-15-3-4-16(22(23,24)25)9-19(15)29-13-17-10-18(29)12-28(17)14-20(30)31;4-2(5,6)1(10)3(7,8)9/h3-4,9,17-18,21H,5-8,10-14H2,1-2H3,(H,40,41);3-4,9,17-18,26H,5-8,10-14H2,1-2H3,(H,30,31);1,10H. The van der Waals surface area contributed by atoms with Gasteiger partial charge >= 0.3 is 55.1 Å². The number of aliphatic hydroxyl groups excluding tert-OH is 1. The summed E-state index contributed by atoms with van der Waals surface area (Å²) in [5, 5.41) is 29.1. The number of carboxylic acids is 2. The lowest BCUT2D eigenvalue weighted by Crippen LogP contribution is -2.54. The van der Waals surface area contributed by atoms with E-state index in [-0.39, 0.29) is 75.3 Å². The molecule has 0 radical (unpaired) electrons. The molecular formula is C51H64F18N8O7. The van der Waals surface area contributed by atoms with Crippen molar-refractivity contribution in [3.63, 3.8) is 0 Å². The van der Waals surface area contributed by atoms with Crippen LogP contribution in [0.15, 0.2) is 36.4 Å². The molecule has 2 aromatic carbocycles. The number of aliphatic carboxylic acids is 2. The Kier molecular flexibility index (Phi) is 20.4. The Hall–Kier alpha value is -5.25. The molecule has 0 spiro atoms. The van der Waals surface area contributed by atoms with Gasteiger partial charge in [0.05, 0.1) is 24.2 Å². The smallest absolute Gasteiger partial charge is 0.434 e. The van der Waals surface area contributed by atoms with Crippen LogP contribution in [-0.2, 0) is 39.8 Å². The quantitative estimate of drug-likeness (QED) is 0.141. The summed E-state index contributed by atoms with van der Waals surface area (Å²) in [6.07, 6.45) is -38.4. The van der Waals surface area contributed by atoms with Gasteiger partial charge in [-0.15, -0.1) is 0 Å². The monoisotopic (exact) mass is 1240 g/mol. The number of likely N-dealkylation sites (tertiary alicyclic amines) is 3. The van der Waals surface area contributed by atoms with Crippen LogP contribution < -0.4 is 15.1 Å². The van der Waals surface area contributed by atoms with E-state index in [0.29, 0.717) is 56.1 Å². The van der Waals surface area contributed by atoms with Crippen molar-refractivity contribution >= 4 is 29.4 Å². The largest absolute Gasteiger partial charge is 0.480 e. The van der Waals surface area contributed by atoms with Crippen molar-refractivity contribution in [2.24, 2.45) is 0 Å². The van der Waals surface area contributed by atoms with Crippen LogP contribution in [0.1, 0.15) is 74.6 Å². The normalized spacial score (nSPS) is 23.1. The van der Waals surface area contributed by atoms with E-state index >= 15 is 0 Å². The number of carboxylic acid groups (broad SMARTS) is 2. The van der Waals surface area contributed by atoms with Crippen molar-refractivity contribution in [3.05, 3.63) is 58.7 Å². The Morgan fingerprint density at radius 2 is 0.952 bits per heavy atom. The fourth-order valence-corrected chi connectivity index (χ4v) is 11.6. The van der Waals surface area contributed by atoms with Gasteiger partial charge in [-0.25, -0.2) is 4.79 Å². The molecule has 2 aromatic rings. The number of rotatable bonds is 13. The van der Waals surface area contributed by atoms with Gasteiger partial charge in [-0.1, -0.05) is 12.1 Å². The van der Waals surface area contributed by atoms with Crippen LogP contribution in [0.5, 0.6) is 0 Å². The predicted molar refractivity (Wildman–Crippen MR) is 264 cm³/mol. The fourth-order valence-electron chi connectivity index (χ4n) is 11.6. The third-order valence-electron chi connectivity index (χ3n) is 16.7. The van der Waals surface area contributed by atoms with E-state index < -0.39 is 84.0 Å². The van der Waals surface area contributed by atoms with E-state index in [4.69, 9.17) is 15.3 Å². The average Bonchev–Trinajstić information content (AvgIpc) is 1.83. The first-order chi connectivity index (χ1) is 38.4. The maximum atomic E-state index is 13.6. The number of nitrogens with zero attached hydrogens (tertiary/aromatic N) is 7. The number of alkyl halides is 18. The van der Waals surface area contributed by atoms with Crippen LogP contribution >= 0.6 is 0 Å². The van der Waals surface area contributed by atoms with Gasteiger partial charge in [0.15, 0.2) is 0 Å². The number of anilines is 2. The number of aliphatic hydroxyl groups is 1. The van der Waals surface area contributed by atoms with Crippen molar-refractivity contribution in [2.75, 3.05) is 89.3 Å². The Morgan fingerprint density at radius 1 is 0.583 bits per heavy atom. The van der Waals surface area contributed by atoms with E-state index in [0.717, 1.165) is 54.9 Å². The molecule has 6 aliphatic heterocycles. The predicted octanol–water partition coefficient (Wildman–Crippen LogP) is 9.07. The summed E-state index contributed by atoms with van der Waals surface area (Å²) in [6, 6.07) is 7.32. The van der Waals surface area contributed by atoms with Crippen LogP contribution in [0, 0.1) is 0 Å². The highest BCUT2D eigenvalue weighted by molar-refractivity contribution is 5.70. The number of fused-ring (bicyclic) bond motifs is 4. The zero-order valence-electron chi connectivity index (χ0n) is 45.6. The molecule has 1 amide bonds. The van der Waals surface area contributed by atoms with Crippen LogP contribution in [0.4, 0.5) is 95.2 Å². The summed E-state index contributed by atoms with van der Waals surface area (Å²) >= 11 is 0. The third kappa shape index (κ3) is 16.6. The summed E-state index contributed by atoms with van der Waals surface area (Å²) < 4.78 is 228. The van der Waals surface area contributed by atoms with Gasteiger partial charge in [0.1, 0.15) is 0 Å². The molecular weight excluding hydrogens is 1180 g/mol. The van der Waals surface area contributed by atoms with Gasteiger partial charge in [0.2, 0.25) is 6.10 Å². The highest BCUT2D eigenvalue weighted by atomic mass is 19.4. The van der Waals surface area contributed by atoms with Gasteiger partial charge < -0.3 is 40.1 Å². The minimum absolute atomic E-state index is 0.00746. The van der Waals surface area contributed by atoms with E-state index in [1.165, 1.54) is 18.2 Å². The van der Waals surface area contributed by atoms with Gasteiger partial charge in [-0.3, -0.25) is 29.2 Å². The molecule has 4 bridgehead atoms. The molecule has 4 unspecified atom stereocenters. The Labute approximate surface area is 470 Å². The average molecular weight is 1240 g/mol. The van der Waals surface area contributed by atoms with Crippen molar-refractivity contribution in [1.29, 1.82) is 0 Å². The number of benzene rings is 2. The fraction of sp³-hybridized carbons (Fsp3) is 0.706. The topological polar surface area (TPSA) is 156 Å². The van der Waals surface area contributed by atoms with Crippen LogP contribution in [-0.4, -0.2) is 210 Å². The summed E-state index contributed by atoms with van der Waals surface area (Å²) in [4.78, 5) is 47.0. The molecule has 0 aromatic heterocycles. The number of amides is 1. The number of piperidine rings is 2. The van der Waals surface area contributed by atoms with Crippen molar-refractivity contribution in [2.45, 2.75) is 150 Å². The number of piperazine rings is 2. The second kappa shape index (κ2) is 25.2. The lowest BCUT2D eigenvalue weighted by molar-refractivity contribution is -0.309. The molecule has 4 N–H and O–H groups in total. The molecule has 6 aliphatic rings. The first-order valence-corrected chi connectivity index (χ1v) is 26.3. The van der Waals surface area contributed by atoms with Crippen LogP contribution in [0.3, 0.4) is 0 Å². The number of hydrogen-bond donors (Lipinski definition) is 4. The molecule has 15 nitrogen and oxygen atoms in total. The molecule has 6 fully saturated rings. The van der Waals surface area contributed by atoms with E-state index in [2.05, 4.69) is 33.8 Å². The first-order valence-electron chi connectivity index (χ1n) is 26.3. The van der Waals surface area contributed by atoms with Crippen molar-refractivity contribution in [3.8, 4) is 0 Å². The molecule has 4 atom stereocenters. The maximum Gasteiger partial charge on any atom is 0.434 e. The number of halogens is 18. The summed E-state index contributed by atoms with van der Waals surface area (Å²) in [5.74, 6) is -1.86. The van der Waals surface area contributed by atoms with Gasteiger partial charge in [0, 0.05) is 99.0 Å². The van der Waals surface area contributed by atoms with Crippen LogP contribution in [0.2, 0.25) is 0 Å².